The first-order valence-electron chi connectivity index (χ1n) is 7.58. The SMILES string of the molecule is COC(CN)CC(=O)N1CCN(Cc2nccn2C(F)F)CC1.Cl.Cl. The third-order valence-electron chi connectivity index (χ3n) is 4.05. The number of ether oxygens (including phenoxy) is 1. The van der Waals surface area contributed by atoms with Crippen molar-refractivity contribution in [3.8, 4) is 0 Å². The molecule has 11 heteroatoms. The van der Waals surface area contributed by atoms with Crippen molar-refractivity contribution in [3.63, 3.8) is 0 Å². The fourth-order valence-electron chi connectivity index (χ4n) is 2.59. The lowest BCUT2D eigenvalue weighted by Gasteiger charge is -2.35. The first kappa shape index (κ1) is 24.0. The predicted octanol–water partition coefficient (Wildman–Crippen LogP) is 1.13. The van der Waals surface area contributed by atoms with Gasteiger partial charge in [-0.3, -0.25) is 14.3 Å². The van der Waals surface area contributed by atoms with Gasteiger partial charge in [0, 0.05) is 52.2 Å². The van der Waals surface area contributed by atoms with Crippen molar-refractivity contribution in [1.82, 2.24) is 19.4 Å². The van der Waals surface area contributed by atoms with Gasteiger partial charge in [0.25, 0.3) is 0 Å². The summed E-state index contributed by atoms with van der Waals surface area (Å²) >= 11 is 0. The van der Waals surface area contributed by atoms with Crippen molar-refractivity contribution in [2.24, 2.45) is 5.73 Å². The number of methoxy groups -OCH3 is 1. The third-order valence-corrected chi connectivity index (χ3v) is 4.05. The number of alkyl halides is 2. The van der Waals surface area contributed by atoms with Gasteiger partial charge in [0.15, 0.2) is 0 Å². The summed E-state index contributed by atoms with van der Waals surface area (Å²) in [6, 6.07) is 0. The van der Waals surface area contributed by atoms with Gasteiger partial charge in [-0.15, -0.1) is 24.8 Å². The van der Waals surface area contributed by atoms with E-state index in [1.165, 1.54) is 19.5 Å². The number of carbonyl (C=O) groups is 1. The van der Waals surface area contributed by atoms with Gasteiger partial charge in [-0.2, -0.15) is 8.78 Å². The Morgan fingerprint density at radius 1 is 1.32 bits per heavy atom. The number of halogens is 4. The van der Waals surface area contributed by atoms with Gasteiger partial charge in [0.05, 0.1) is 19.1 Å². The summed E-state index contributed by atoms with van der Waals surface area (Å²) in [7, 11) is 1.54. The Morgan fingerprint density at radius 2 is 1.96 bits per heavy atom. The number of piperazine rings is 1. The molecule has 1 aliphatic heterocycles. The van der Waals surface area contributed by atoms with Crippen LogP contribution in [-0.4, -0.2) is 71.2 Å². The quantitative estimate of drug-likeness (QED) is 0.738. The second kappa shape index (κ2) is 11.6. The average molecular weight is 404 g/mol. The number of rotatable bonds is 7. The number of hydrogen-bond donors (Lipinski definition) is 1. The van der Waals surface area contributed by atoms with Gasteiger partial charge in [-0.1, -0.05) is 0 Å². The minimum absolute atomic E-state index is 0. The minimum atomic E-state index is -2.59. The topological polar surface area (TPSA) is 76.6 Å². The number of nitrogens with zero attached hydrogens (tertiary/aromatic N) is 4. The summed E-state index contributed by atoms with van der Waals surface area (Å²) in [5.41, 5.74) is 5.52. The Balaban J connectivity index is 0.00000288. The fourth-order valence-corrected chi connectivity index (χ4v) is 2.59. The Labute approximate surface area is 158 Å². The molecule has 2 heterocycles. The molecule has 0 saturated carbocycles. The molecule has 1 amide bonds. The van der Waals surface area contributed by atoms with Gasteiger partial charge in [-0.05, 0) is 0 Å². The van der Waals surface area contributed by atoms with E-state index in [-0.39, 0.29) is 43.2 Å². The van der Waals surface area contributed by atoms with Crippen molar-refractivity contribution in [1.29, 1.82) is 0 Å². The maximum Gasteiger partial charge on any atom is 0.319 e. The molecule has 146 valence electrons. The molecule has 1 aromatic heterocycles. The normalized spacial score (nSPS) is 16.3. The van der Waals surface area contributed by atoms with Crippen LogP contribution in [0, 0.1) is 0 Å². The van der Waals surface area contributed by atoms with E-state index < -0.39 is 6.55 Å². The molecule has 2 rings (SSSR count). The van der Waals surface area contributed by atoms with Gasteiger partial charge in [0.1, 0.15) is 5.82 Å². The van der Waals surface area contributed by atoms with Crippen molar-refractivity contribution in [3.05, 3.63) is 18.2 Å². The van der Waals surface area contributed by atoms with Crippen LogP contribution in [0.2, 0.25) is 0 Å². The zero-order valence-corrected chi connectivity index (χ0v) is 15.6. The molecule has 1 aromatic rings. The Bertz CT molecular complexity index is 509. The lowest BCUT2D eigenvalue weighted by atomic mass is 10.2. The lowest BCUT2D eigenvalue weighted by Crippen LogP contribution is -2.49. The number of aromatic nitrogens is 2. The van der Waals surface area contributed by atoms with Crippen LogP contribution in [0.25, 0.3) is 0 Å². The maximum absolute atomic E-state index is 12.8. The van der Waals surface area contributed by atoms with Crippen LogP contribution in [0.3, 0.4) is 0 Å². The molecule has 1 atom stereocenters. The zero-order chi connectivity index (χ0) is 16.8. The van der Waals surface area contributed by atoms with Crippen LogP contribution >= 0.6 is 24.8 Å². The van der Waals surface area contributed by atoms with E-state index in [2.05, 4.69) is 4.98 Å². The molecule has 0 aromatic carbocycles. The minimum Gasteiger partial charge on any atom is -0.380 e. The molecule has 7 nitrogen and oxygen atoms in total. The molecular weight excluding hydrogens is 379 g/mol. The summed E-state index contributed by atoms with van der Waals surface area (Å²) in [6.45, 7) is 0.452. The second-order valence-corrected chi connectivity index (χ2v) is 5.48. The van der Waals surface area contributed by atoms with E-state index in [0.29, 0.717) is 45.1 Å². The summed E-state index contributed by atoms with van der Waals surface area (Å²) in [5, 5.41) is 0. The van der Waals surface area contributed by atoms with Gasteiger partial charge in [-0.25, -0.2) is 4.98 Å². The molecule has 1 unspecified atom stereocenters. The average Bonchev–Trinajstić information content (AvgIpc) is 3.01. The standard InChI is InChI=1S/C14H23F2N5O2.2ClH/c1-23-11(9-17)8-13(22)20-6-4-19(5-7-20)10-12-18-2-3-21(12)14(15)16;;/h2-3,11,14H,4-10,17H2,1H3;2*1H. The molecule has 0 aliphatic carbocycles. The Morgan fingerprint density at radius 3 is 2.48 bits per heavy atom. The van der Waals surface area contributed by atoms with Gasteiger partial charge >= 0.3 is 6.55 Å². The predicted molar refractivity (Wildman–Crippen MR) is 94.3 cm³/mol. The van der Waals surface area contributed by atoms with E-state index >= 15 is 0 Å². The number of nitrogens with two attached hydrogens (primary N) is 1. The Kier molecular flexibility index (Phi) is 11.1. The first-order valence-corrected chi connectivity index (χ1v) is 7.58. The van der Waals surface area contributed by atoms with E-state index in [9.17, 15) is 13.6 Å². The Hall–Kier alpha value is -1.00. The van der Waals surface area contributed by atoms with Crippen molar-refractivity contribution < 1.29 is 18.3 Å². The highest BCUT2D eigenvalue weighted by molar-refractivity contribution is 5.85. The molecule has 1 fully saturated rings. The zero-order valence-electron chi connectivity index (χ0n) is 14.0. The molecule has 1 saturated heterocycles. The van der Waals surface area contributed by atoms with Crippen LogP contribution in [0.5, 0.6) is 0 Å². The number of hydrogen-bond acceptors (Lipinski definition) is 5. The summed E-state index contributed by atoms with van der Waals surface area (Å²) in [6.07, 6.45) is 2.65. The molecule has 0 bridgehead atoms. The molecular formula is C14H25Cl2F2N5O2. The number of carbonyl (C=O) groups excluding carboxylic acids is 1. The van der Waals surface area contributed by atoms with Gasteiger partial charge in [0.2, 0.25) is 5.91 Å². The summed E-state index contributed by atoms with van der Waals surface area (Å²) in [5.74, 6) is 0.346. The molecule has 25 heavy (non-hydrogen) atoms. The number of amides is 1. The molecule has 2 N–H and O–H groups in total. The van der Waals surface area contributed by atoms with Crippen LogP contribution in [0.1, 0.15) is 18.8 Å². The van der Waals surface area contributed by atoms with Crippen LogP contribution in [0.4, 0.5) is 8.78 Å². The highest BCUT2D eigenvalue weighted by Gasteiger charge is 2.24. The van der Waals surface area contributed by atoms with Crippen LogP contribution < -0.4 is 5.73 Å². The van der Waals surface area contributed by atoms with Crippen LogP contribution in [-0.2, 0) is 16.1 Å². The largest absolute Gasteiger partial charge is 0.380 e. The highest BCUT2D eigenvalue weighted by Crippen LogP contribution is 2.15. The molecule has 0 spiro atoms. The fraction of sp³-hybridized carbons (Fsp3) is 0.714. The van der Waals surface area contributed by atoms with Crippen molar-refractivity contribution >= 4 is 30.7 Å². The van der Waals surface area contributed by atoms with Crippen LogP contribution in [0.15, 0.2) is 12.4 Å². The van der Waals surface area contributed by atoms with E-state index in [0.717, 1.165) is 4.57 Å². The van der Waals surface area contributed by atoms with E-state index in [1.54, 1.807) is 4.90 Å². The van der Waals surface area contributed by atoms with Crippen molar-refractivity contribution in [2.75, 3.05) is 39.8 Å². The smallest absolute Gasteiger partial charge is 0.319 e. The summed E-state index contributed by atoms with van der Waals surface area (Å²) in [4.78, 5) is 19.9. The first-order chi connectivity index (χ1) is 11.0. The van der Waals surface area contributed by atoms with Crippen molar-refractivity contribution in [2.45, 2.75) is 25.6 Å². The highest BCUT2D eigenvalue weighted by atomic mass is 35.5. The lowest BCUT2D eigenvalue weighted by molar-refractivity contribution is -0.135. The van der Waals surface area contributed by atoms with Gasteiger partial charge < -0.3 is 15.4 Å². The second-order valence-electron chi connectivity index (χ2n) is 5.48. The maximum atomic E-state index is 12.8. The monoisotopic (exact) mass is 403 g/mol. The molecule has 1 aliphatic rings. The third kappa shape index (κ3) is 6.67. The number of imidazole rings is 1. The van der Waals surface area contributed by atoms with E-state index in [4.69, 9.17) is 10.5 Å². The molecule has 0 radical (unpaired) electrons. The summed E-state index contributed by atoms with van der Waals surface area (Å²) < 4.78 is 31.6. The van der Waals surface area contributed by atoms with E-state index in [1.807, 2.05) is 4.90 Å².